The van der Waals surface area contributed by atoms with Gasteiger partial charge in [-0.05, 0) is 19.1 Å². The minimum atomic E-state index is -1.38. The average Bonchev–Trinajstić information content (AvgIpc) is 2.87. The first kappa shape index (κ1) is 14.0. The number of fused-ring (bicyclic) bond motifs is 1. The highest BCUT2D eigenvalue weighted by molar-refractivity contribution is 5.68. The van der Waals surface area contributed by atoms with Gasteiger partial charge in [0, 0.05) is 13.1 Å². The van der Waals surface area contributed by atoms with Crippen LogP contribution in [0, 0.1) is 0 Å². The van der Waals surface area contributed by atoms with E-state index in [1.54, 1.807) is 19.1 Å². The molecule has 0 unspecified atom stereocenters. The van der Waals surface area contributed by atoms with Gasteiger partial charge in [-0.15, -0.1) is 0 Å². The number of ether oxygens (including phenoxy) is 4. The molecular weight excluding hydrogens is 276 g/mol. The van der Waals surface area contributed by atoms with Gasteiger partial charge in [-0.3, -0.25) is 0 Å². The van der Waals surface area contributed by atoms with Crippen molar-refractivity contribution in [2.75, 3.05) is 32.9 Å². The number of nitrogens with one attached hydrogen (secondary N) is 1. The van der Waals surface area contributed by atoms with Gasteiger partial charge in [0.2, 0.25) is 0 Å². The van der Waals surface area contributed by atoms with Crippen molar-refractivity contribution in [1.29, 1.82) is 0 Å². The number of morpholine rings is 1. The molecule has 0 aliphatic carbocycles. The average molecular weight is 294 g/mol. The molecule has 2 heterocycles. The lowest BCUT2D eigenvalue weighted by atomic mass is 10.3. The van der Waals surface area contributed by atoms with Crippen molar-refractivity contribution < 1.29 is 23.7 Å². The molecule has 2 aliphatic rings. The maximum absolute atomic E-state index is 11.8. The van der Waals surface area contributed by atoms with Crippen LogP contribution in [0.4, 0.5) is 4.79 Å². The van der Waals surface area contributed by atoms with Crippen LogP contribution in [0.25, 0.3) is 0 Å². The van der Waals surface area contributed by atoms with Crippen LogP contribution >= 0.6 is 0 Å². The number of amides is 1. The van der Waals surface area contributed by atoms with E-state index in [1.807, 2.05) is 17.0 Å². The maximum atomic E-state index is 11.8. The molecule has 0 bridgehead atoms. The van der Waals surface area contributed by atoms with Crippen molar-refractivity contribution >= 4 is 6.09 Å². The van der Waals surface area contributed by atoms with Gasteiger partial charge in [0.1, 0.15) is 0 Å². The Bertz CT molecular complexity index is 491. The molecule has 1 aromatic carbocycles. The van der Waals surface area contributed by atoms with Crippen molar-refractivity contribution in [1.82, 2.24) is 10.2 Å². The molecule has 1 aromatic rings. The molecule has 1 saturated heterocycles. The minimum absolute atomic E-state index is 0.276. The molecule has 21 heavy (non-hydrogen) atoms. The van der Waals surface area contributed by atoms with Crippen LogP contribution in [-0.4, -0.2) is 49.9 Å². The molecule has 0 atom stereocenters. The molecule has 0 saturated carbocycles. The van der Waals surface area contributed by atoms with Gasteiger partial charge in [0.25, 0.3) is 0 Å². The summed E-state index contributed by atoms with van der Waals surface area (Å²) in [6.45, 7) is 4.29. The summed E-state index contributed by atoms with van der Waals surface area (Å²) >= 11 is 0. The number of nitrogens with zero attached hydrogens (tertiary/aromatic N) is 1. The van der Waals surface area contributed by atoms with Gasteiger partial charge >= 0.3 is 12.1 Å². The lowest BCUT2D eigenvalue weighted by Crippen LogP contribution is -2.68. The number of hydrogen-bond donors (Lipinski definition) is 1. The minimum Gasteiger partial charge on any atom is -0.450 e. The molecule has 1 fully saturated rings. The predicted molar refractivity (Wildman–Crippen MR) is 73.0 cm³/mol. The van der Waals surface area contributed by atoms with Gasteiger partial charge in [-0.1, -0.05) is 12.1 Å². The van der Waals surface area contributed by atoms with Crippen LogP contribution < -0.4 is 14.8 Å². The molecule has 7 nitrogen and oxygen atoms in total. The Morgan fingerprint density at radius 3 is 2.48 bits per heavy atom. The van der Waals surface area contributed by atoms with E-state index in [4.69, 9.17) is 18.9 Å². The Morgan fingerprint density at radius 1 is 1.29 bits per heavy atom. The van der Waals surface area contributed by atoms with E-state index in [1.165, 1.54) is 0 Å². The van der Waals surface area contributed by atoms with E-state index in [-0.39, 0.29) is 6.61 Å². The van der Waals surface area contributed by atoms with Crippen molar-refractivity contribution in [3.8, 4) is 11.5 Å². The molecule has 7 heteroatoms. The highest BCUT2D eigenvalue weighted by Gasteiger charge is 2.50. The number of rotatable bonds is 3. The van der Waals surface area contributed by atoms with Gasteiger partial charge in [0.15, 0.2) is 11.5 Å². The summed E-state index contributed by atoms with van der Waals surface area (Å²) in [6, 6.07) is 5.92. The Hall–Kier alpha value is -1.99. The summed E-state index contributed by atoms with van der Waals surface area (Å²) in [5.41, 5.74) is 0. The van der Waals surface area contributed by atoms with Gasteiger partial charge in [-0.2, -0.15) is 0 Å². The predicted octanol–water partition coefficient (Wildman–Crippen LogP) is 1.15. The zero-order valence-electron chi connectivity index (χ0n) is 11.8. The summed E-state index contributed by atoms with van der Waals surface area (Å²) < 4.78 is 22.1. The summed E-state index contributed by atoms with van der Waals surface area (Å²) in [5, 5.41) is 2.67. The molecule has 0 aromatic heterocycles. The van der Waals surface area contributed by atoms with Crippen LogP contribution in [0.2, 0.25) is 0 Å². The molecular formula is C14H18N2O5. The largest absolute Gasteiger partial charge is 0.450 e. The summed E-state index contributed by atoms with van der Waals surface area (Å²) in [7, 11) is 0. The summed E-state index contributed by atoms with van der Waals surface area (Å²) in [4.78, 5) is 13.7. The number of alkyl carbamates (subject to hydrolysis) is 1. The molecule has 1 N–H and O–H groups in total. The summed E-state index contributed by atoms with van der Waals surface area (Å²) in [6.07, 6.45) is -0.586. The topological polar surface area (TPSA) is 69.3 Å². The Kier molecular flexibility index (Phi) is 3.85. The first-order valence-electron chi connectivity index (χ1n) is 6.98. The van der Waals surface area contributed by atoms with Crippen molar-refractivity contribution in [3.05, 3.63) is 24.3 Å². The normalized spacial score (nSPS) is 20.0. The second-order valence-electron chi connectivity index (χ2n) is 4.68. The Morgan fingerprint density at radius 2 is 1.90 bits per heavy atom. The second-order valence-corrected chi connectivity index (χ2v) is 4.68. The Balaban J connectivity index is 1.84. The van der Waals surface area contributed by atoms with E-state index in [9.17, 15) is 4.79 Å². The smallest absolute Gasteiger partial charge is 0.414 e. The Labute approximate surface area is 122 Å². The van der Waals surface area contributed by atoms with Crippen molar-refractivity contribution in [2.45, 2.75) is 13.0 Å². The zero-order chi connectivity index (χ0) is 14.7. The number of benzene rings is 1. The number of hydrogen-bond acceptors (Lipinski definition) is 6. The van der Waals surface area contributed by atoms with E-state index < -0.39 is 12.1 Å². The van der Waals surface area contributed by atoms with Crippen LogP contribution in [0.15, 0.2) is 24.3 Å². The maximum Gasteiger partial charge on any atom is 0.414 e. The highest BCUT2D eigenvalue weighted by atomic mass is 16.8. The standard InChI is InChI=1S/C14H18N2O5/c1-2-19-13(17)15-14(16-7-9-18-10-8-16)20-11-5-3-4-6-12(11)21-14/h3-6H,2,7-10H2,1H3,(H,15,17). The number of carbonyl (C=O) groups excluding carboxylic acids is 1. The van der Waals surface area contributed by atoms with Crippen LogP contribution in [0.1, 0.15) is 6.92 Å². The van der Waals surface area contributed by atoms with Crippen molar-refractivity contribution in [2.24, 2.45) is 0 Å². The first-order chi connectivity index (χ1) is 10.2. The molecule has 2 aliphatic heterocycles. The molecule has 0 radical (unpaired) electrons. The monoisotopic (exact) mass is 294 g/mol. The third-order valence-electron chi connectivity index (χ3n) is 3.31. The third kappa shape index (κ3) is 2.74. The summed E-state index contributed by atoms with van der Waals surface area (Å²) in [5.74, 6) is 1.17. The fraction of sp³-hybridized carbons (Fsp3) is 0.500. The second kappa shape index (κ2) is 5.79. The number of para-hydroxylation sites is 2. The molecule has 0 spiro atoms. The third-order valence-corrected chi connectivity index (χ3v) is 3.31. The van der Waals surface area contributed by atoms with E-state index in [2.05, 4.69) is 5.32 Å². The highest BCUT2D eigenvalue weighted by Crippen LogP contribution is 2.39. The molecule has 3 rings (SSSR count). The van der Waals surface area contributed by atoms with Gasteiger partial charge in [0.05, 0.1) is 19.8 Å². The zero-order valence-corrected chi connectivity index (χ0v) is 11.8. The lowest BCUT2D eigenvalue weighted by Gasteiger charge is -2.39. The first-order valence-corrected chi connectivity index (χ1v) is 6.98. The van der Waals surface area contributed by atoms with E-state index in [0.29, 0.717) is 37.8 Å². The van der Waals surface area contributed by atoms with Crippen molar-refractivity contribution in [3.63, 3.8) is 0 Å². The van der Waals surface area contributed by atoms with Crippen LogP contribution in [0.5, 0.6) is 11.5 Å². The van der Waals surface area contributed by atoms with E-state index >= 15 is 0 Å². The SMILES string of the molecule is CCOC(=O)NC1(N2CCOCC2)Oc2ccccc2O1. The quantitative estimate of drug-likeness (QED) is 0.902. The van der Waals surface area contributed by atoms with Gasteiger partial charge < -0.3 is 18.9 Å². The van der Waals surface area contributed by atoms with Crippen LogP contribution in [-0.2, 0) is 9.47 Å². The van der Waals surface area contributed by atoms with E-state index in [0.717, 1.165) is 0 Å². The molecule has 1 amide bonds. The van der Waals surface area contributed by atoms with Crippen LogP contribution in [0.3, 0.4) is 0 Å². The number of carbonyl (C=O) groups is 1. The fourth-order valence-corrected chi connectivity index (χ4v) is 2.35. The molecule has 114 valence electrons. The fourth-order valence-electron chi connectivity index (χ4n) is 2.35. The lowest BCUT2D eigenvalue weighted by molar-refractivity contribution is -0.232. The van der Waals surface area contributed by atoms with Gasteiger partial charge in [-0.25, -0.2) is 15.0 Å².